The van der Waals surface area contributed by atoms with E-state index in [0.717, 1.165) is 20.0 Å². The molecule has 0 saturated carbocycles. The van der Waals surface area contributed by atoms with Gasteiger partial charge in [0.1, 0.15) is 0 Å². The van der Waals surface area contributed by atoms with Gasteiger partial charge in [-0.15, -0.1) is 0 Å². The Morgan fingerprint density at radius 3 is 2.72 bits per heavy atom. The molecule has 0 bridgehead atoms. The summed E-state index contributed by atoms with van der Waals surface area (Å²) >= 11 is 8.24. The zero-order valence-corrected chi connectivity index (χ0v) is 13.5. The fourth-order valence-corrected chi connectivity index (χ4v) is 2.99. The predicted octanol–water partition coefficient (Wildman–Crippen LogP) is 4.16. The minimum absolute atomic E-state index is 0.216. The van der Waals surface area contributed by atoms with Crippen molar-refractivity contribution in [1.29, 1.82) is 0 Å². The molecule has 1 atom stereocenters. The highest BCUT2D eigenvalue weighted by Crippen LogP contribution is 2.27. The molecule has 2 rings (SSSR count). The van der Waals surface area contributed by atoms with Crippen LogP contribution in [0.4, 0.5) is 5.69 Å². The van der Waals surface area contributed by atoms with E-state index in [-0.39, 0.29) is 6.04 Å². The summed E-state index contributed by atoms with van der Waals surface area (Å²) < 4.78 is 2.96. The van der Waals surface area contributed by atoms with Gasteiger partial charge in [0.05, 0.1) is 11.7 Å². The minimum Gasteiger partial charge on any atom is -0.378 e. The second-order valence-corrected chi connectivity index (χ2v) is 5.93. The first-order valence-electron chi connectivity index (χ1n) is 5.69. The molecule has 0 spiro atoms. The molecular weight excluding hydrogens is 361 g/mol. The smallest absolute Gasteiger partial charge is 0.0646 e. The Morgan fingerprint density at radius 2 is 2.17 bits per heavy atom. The number of hydrogen-bond acceptors (Lipinski definition) is 2. The van der Waals surface area contributed by atoms with Gasteiger partial charge in [-0.25, -0.2) is 0 Å². The van der Waals surface area contributed by atoms with Crippen LogP contribution in [0.15, 0.2) is 24.4 Å². The van der Waals surface area contributed by atoms with Crippen LogP contribution >= 0.6 is 34.2 Å². The van der Waals surface area contributed by atoms with Crippen molar-refractivity contribution < 1.29 is 0 Å². The van der Waals surface area contributed by atoms with Gasteiger partial charge in [-0.2, -0.15) is 5.10 Å². The van der Waals surface area contributed by atoms with Crippen molar-refractivity contribution in [2.24, 2.45) is 7.05 Å². The van der Waals surface area contributed by atoms with E-state index in [2.05, 4.69) is 46.1 Å². The number of aromatic nitrogens is 2. The molecule has 18 heavy (non-hydrogen) atoms. The normalized spacial score (nSPS) is 12.5. The second-order valence-electron chi connectivity index (χ2n) is 4.33. The van der Waals surface area contributed by atoms with Crippen molar-refractivity contribution in [3.63, 3.8) is 0 Å². The van der Waals surface area contributed by atoms with E-state index in [1.807, 2.05) is 36.9 Å². The molecule has 1 heterocycles. The zero-order chi connectivity index (χ0) is 13.3. The topological polar surface area (TPSA) is 29.9 Å². The molecule has 2 aromatic rings. The Bertz CT molecular complexity index is 565. The third-order valence-corrected chi connectivity index (χ3v) is 3.95. The Morgan fingerprint density at radius 1 is 1.44 bits per heavy atom. The van der Waals surface area contributed by atoms with Crippen molar-refractivity contribution in [2.75, 3.05) is 5.32 Å². The zero-order valence-electron chi connectivity index (χ0n) is 10.5. The molecular formula is C13H15ClIN3. The van der Waals surface area contributed by atoms with Crippen LogP contribution in [0.5, 0.6) is 0 Å². The maximum Gasteiger partial charge on any atom is 0.0646 e. The van der Waals surface area contributed by atoms with Gasteiger partial charge in [0, 0.05) is 33.1 Å². The Kier molecular flexibility index (Phi) is 4.17. The maximum atomic E-state index is 5.95. The standard InChI is InChI=1S/C13H15ClIN3/c1-8(11-7-18(3)17-9(11)2)16-13-5-4-10(14)6-12(13)15/h4-8,16H,1-3H3. The minimum atomic E-state index is 0.216. The van der Waals surface area contributed by atoms with Crippen LogP contribution < -0.4 is 5.32 Å². The van der Waals surface area contributed by atoms with Crippen LogP contribution in [0.1, 0.15) is 24.2 Å². The van der Waals surface area contributed by atoms with Gasteiger partial charge in [-0.1, -0.05) is 11.6 Å². The highest BCUT2D eigenvalue weighted by Gasteiger charge is 2.12. The lowest BCUT2D eigenvalue weighted by Crippen LogP contribution is -2.08. The van der Waals surface area contributed by atoms with E-state index in [1.54, 1.807) is 0 Å². The number of aryl methyl sites for hydroxylation is 2. The summed E-state index contributed by atoms with van der Waals surface area (Å²) in [5.74, 6) is 0. The molecule has 1 aromatic heterocycles. The quantitative estimate of drug-likeness (QED) is 0.817. The first-order chi connectivity index (χ1) is 8.47. The monoisotopic (exact) mass is 375 g/mol. The van der Waals surface area contributed by atoms with Crippen molar-refractivity contribution in [3.05, 3.63) is 44.2 Å². The lowest BCUT2D eigenvalue weighted by Gasteiger charge is -2.16. The average molecular weight is 376 g/mol. The van der Waals surface area contributed by atoms with Crippen LogP contribution in [0, 0.1) is 10.5 Å². The molecule has 0 fully saturated rings. The number of anilines is 1. The van der Waals surface area contributed by atoms with Gasteiger partial charge in [0.2, 0.25) is 0 Å². The highest BCUT2D eigenvalue weighted by atomic mass is 127. The number of benzene rings is 1. The molecule has 0 amide bonds. The fourth-order valence-electron chi connectivity index (χ4n) is 1.96. The summed E-state index contributed by atoms with van der Waals surface area (Å²) in [4.78, 5) is 0. The molecule has 0 aliphatic carbocycles. The molecule has 0 radical (unpaired) electrons. The van der Waals surface area contributed by atoms with Crippen molar-refractivity contribution in [1.82, 2.24) is 9.78 Å². The number of nitrogens with one attached hydrogen (secondary N) is 1. The van der Waals surface area contributed by atoms with Crippen LogP contribution in [0.3, 0.4) is 0 Å². The first kappa shape index (κ1) is 13.7. The van der Waals surface area contributed by atoms with Crippen LogP contribution in [0.2, 0.25) is 5.02 Å². The van der Waals surface area contributed by atoms with Gasteiger partial charge >= 0.3 is 0 Å². The third kappa shape index (κ3) is 2.98. The number of rotatable bonds is 3. The average Bonchev–Trinajstić information content (AvgIpc) is 2.62. The summed E-state index contributed by atoms with van der Waals surface area (Å²) in [5.41, 5.74) is 3.36. The lowest BCUT2D eigenvalue weighted by atomic mass is 10.1. The molecule has 96 valence electrons. The van der Waals surface area contributed by atoms with E-state index < -0.39 is 0 Å². The molecule has 3 nitrogen and oxygen atoms in total. The number of nitrogens with zero attached hydrogens (tertiary/aromatic N) is 2. The molecule has 1 aromatic carbocycles. The van der Waals surface area contributed by atoms with Crippen molar-refractivity contribution in [2.45, 2.75) is 19.9 Å². The van der Waals surface area contributed by atoms with Gasteiger partial charge in [0.15, 0.2) is 0 Å². The van der Waals surface area contributed by atoms with Gasteiger partial charge in [-0.05, 0) is 54.6 Å². The summed E-state index contributed by atoms with van der Waals surface area (Å²) in [7, 11) is 1.94. The Labute approximate surface area is 126 Å². The second kappa shape index (κ2) is 5.48. The van der Waals surface area contributed by atoms with E-state index in [4.69, 9.17) is 11.6 Å². The maximum absolute atomic E-state index is 5.95. The Hall–Kier alpha value is -0.750. The third-order valence-electron chi connectivity index (χ3n) is 2.82. The lowest BCUT2D eigenvalue weighted by molar-refractivity contribution is 0.756. The SMILES string of the molecule is Cc1nn(C)cc1C(C)Nc1ccc(Cl)cc1I. The fraction of sp³-hybridized carbons (Fsp3) is 0.308. The summed E-state index contributed by atoms with van der Waals surface area (Å²) in [5, 5.41) is 8.61. The largest absolute Gasteiger partial charge is 0.378 e. The Balaban J connectivity index is 2.21. The van der Waals surface area contributed by atoms with Crippen LogP contribution in [0.25, 0.3) is 0 Å². The summed E-state index contributed by atoms with van der Waals surface area (Å²) in [6.45, 7) is 4.16. The van der Waals surface area contributed by atoms with E-state index in [9.17, 15) is 0 Å². The van der Waals surface area contributed by atoms with E-state index in [1.165, 1.54) is 5.56 Å². The molecule has 5 heteroatoms. The molecule has 0 aliphatic rings. The van der Waals surface area contributed by atoms with E-state index in [0.29, 0.717) is 0 Å². The summed E-state index contributed by atoms with van der Waals surface area (Å²) in [6.07, 6.45) is 2.05. The highest BCUT2D eigenvalue weighted by molar-refractivity contribution is 14.1. The predicted molar refractivity (Wildman–Crippen MR) is 84.2 cm³/mol. The van der Waals surface area contributed by atoms with E-state index >= 15 is 0 Å². The molecule has 1 unspecified atom stereocenters. The van der Waals surface area contributed by atoms with Crippen LogP contribution in [-0.2, 0) is 7.05 Å². The molecule has 0 aliphatic heterocycles. The van der Waals surface area contributed by atoms with Crippen molar-refractivity contribution in [3.8, 4) is 0 Å². The molecule has 0 saturated heterocycles. The van der Waals surface area contributed by atoms with Crippen molar-refractivity contribution >= 4 is 39.9 Å². The van der Waals surface area contributed by atoms with Crippen LogP contribution in [-0.4, -0.2) is 9.78 Å². The van der Waals surface area contributed by atoms with Gasteiger partial charge in [-0.3, -0.25) is 4.68 Å². The van der Waals surface area contributed by atoms with Gasteiger partial charge < -0.3 is 5.32 Å². The van der Waals surface area contributed by atoms with Gasteiger partial charge in [0.25, 0.3) is 0 Å². The number of halogens is 2. The molecule has 1 N–H and O–H groups in total. The number of hydrogen-bond donors (Lipinski definition) is 1. The summed E-state index contributed by atoms with van der Waals surface area (Å²) in [6, 6.07) is 6.07. The first-order valence-corrected chi connectivity index (χ1v) is 7.15.